The summed E-state index contributed by atoms with van der Waals surface area (Å²) < 4.78 is 6.09. The summed E-state index contributed by atoms with van der Waals surface area (Å²) in [5, 5.41) is 5.52. The van der Waals surface area contributed by atoms with E-state index in [1.54, 1.807) is 0 Å². The number of amides is 1. The number of nitrogens with one attached hydrogen (secondary N) is 1. The van der Waals surface area contributed by atoms with Gasteiger partial charge in [0, 0.05) is 0 Å². The molecule has 1 aliphatic rings. The number of ether oxygens (including phenoxy) is 1. The first-order valence-electron chi connectivity index (χ1n) is 11.3. The van der Waals surface area contributed by atoms with Crippen molar-refractivity contribution >= 4 is 16.7 Å². The van der Waals surface area contributed by atoms with Gasteiger partial charge in [-0.25, -0.2) is 0 Å². The Balaban J connectivity index is 1.47. The van der Waals surface area contributed by atoms with Crippen LogP contribution < -0.4 is 10.1 Å². The van der Waals surface area contributed by atoms with Gasteiger partial charge in [-0.2, -0.15) is 0 Å². The van der Waals surface area contributed by atoms with Gasteiger partial charge in [-0.15, -0.1) is 0 Å². The number of fused-ring (bicyclic) bond motifs is 2. The molecule has 3 aromatic rings. The Kier molecular flexibility index (Phi) is 6.37. The minimum absolute atomic E-state index is 0.0129. The highest BCUT2D eigenvalue weighted by Gasteiger charge is 2.23. The third kappa shape index (κ3) is 4.51. The molecule has 0 bridgehead atoms. The molecule has 3 heteroatoms. The summed E-state index contributed by atoms with van der Waals surface area (Å²) in [6.07, 6.45) is 5.85. The average Bonchev–Trinajstić information content (AvgIpc) is 2.80. The summed E-state index contributed by atoms with van der Waals surface area (Å²) >= 11 is 0. The minimum Gasteiger partial charge on any atom is -0.481 e. The van der Waals surface area contributed by atoms with Crippen LogP contribution in [-0.2, 0) is 17.6 Å². The zero-order valence-electron chi connectivity index (χ0n) is 18.0. The summed E-state index contributed by atoms with van der Waals surface area (Å²) in [6, 6.07) is 20.9. The Morgan fingerprint density at radius 1 is 0.900 bits per heavy atom. The highest BCUT2D eigenvalue weighted by Crippen LogP contribution is 2.27. The first-order chi connectivity index (χ1) is 14.7. The molecule has 1 aliphatic carbocycles. The molecule has 30 heavy (non-hydrogen) atoms. The maximum absolute atomic E-state index is 13.0. The topological polar surface area (TPSA) is 38.3 Å². The van der Waals surface area contributed by atoms with Gasteiger partial charge in [0.05, 0.1) is 6.04 Å². The molecule has 0 radical (unpaired) electrons. The normalized spacial score (nSPS) is 15.3. The lowest BCUT2D eigenvalue weighted by atomic mass is 9.88. The Hall–Kier alpha value is -2.81. The van der Waals surface area contributed by atoms with Gasteiger partial charge in [0.15, 0.2) is 6.10 Å². The second kappa shape index (κ2) is 9.34. The summed E-state index contributed by atoms with van der Waals surface area (Å²) in [4.78, 5) is 13.0. The molecule has 0 aliphatic heterocycles. The van der Waals surface area contributed by atoms with Crippen LogP contribution in [0.25, 0.3) is 10.8 Å². The summed E-state index contributed by atoms with van der Waals surface area (Å²) in [5.74, 6) is 0.688. The fourth-order valence-corrected chi connectivity index (χ4v) is 4.38. The van der Waals surface area contributed by atoms with Crippen molar-refractivity contribution in [3.05, 3.63) is 77.4 Å². The summed E-state index contributed by atoms with van der Waals surface area (Å²) in [5.41, 5.74) is 4.12. The van der Waals surface area contributed by atoms with Crippen LogP contribution in [0, 0.1) is 0 Å². The van der Waals surface area contributed by atoms with Crippen molar-refractivity contribution in [3.8, 4) is 5.75 Å². The lowest BCUT2D eigenvalue weighted by molar-refractivity contribution is -0.128. The SMILES string of the molecule is CC[C@H](NC(=O)[C@@H](CC)Oc1ccc2ccccc2c1)c1ccc2c(c1)CCCC2. The highest BCUT2D eigenvalue weighted by molar-refractivity contribution is 5.84. The molecular formula is C27H31NO2. The van der Waals surface area contributed by atoms with Gasteiger partial charge in [-0.1, -0.05) is 62.4 Å². The minimum atomic E-state index is -0.502. The molecule has 0 fully saturated rings. The predicted octanol–water partition coefficient (Wildman–Crippen LogP) is 6.14. The largest absolute Gasteiger partial charge is 0.481 e. The van der Waals surface area contributed by atoms with Crippen molar-refractivity contribution in [2.45, 2.75) is 64.5 Å². The number of rotatable bonds is 7. The molecule has 0 aromatic heterocycles. The van der Waals surface area contributed by atoms with E-state index in [2.05, 4.69) is 42.6 Å². The summed E-state index contributed by atoms with van der Waals surface area (Å²) in [7, 11) is 0. The first kappa shape index (κ1) is 20.5. The van der Waals surface area contributed by atoms with Crippen molar-refractivity contribution in [2.24, 2.45) is 0 Å². The van der Waals surface area contributed by atoms with E-state index >= 15 is 0 Å². The molecule has 0 saturated carbocycles. The van der Waals surface area contributed by atoms with Crippen LogP contribution in [0.2, 0.25) is 0 Å². The number of carbonyl (C=O) groups excluding carboxylic acids is 1. The quantitative estimate of drug-likeness (QED) is 0.516. The molecule has 3 nitrogen and oxygen atoms in total. The van der Waals surface area contributed by atoms with Gasteiger partial charge in [-0.05, 0) is 78.1 Å². The lowest BCUT2D eigenvalue weighted by Gasteiger charge is -2.24. The van der Waals surface area contributed by atoms with E-state index in [9.17, 15) is 4.79 Å². The van der Waals surface area contributed by atoms with Crippen LogP contribution >= 0.6 is 0 Å². The number of hydrogen-bond donors (Lipinski definition) is 1. The van der Waals surface area contributed by atoms with Gasteiger partial charge in [0.1, 0.15) is 5.75 Å². The molecule has 0 spiro atoms. The highest BCUT2D eigenvalue weighted by atomic mass is 16.5. The maximum atomic E-state index is 13.0. The van der Waals surface area contributed by atoms with Gasteiger partial charge in [-0.3, -0.25) is 4.79 Å². The molecular weight excluding hydrogens is 370 g/mol. The van der Waals surface area contributed by atoms with Crippen molar-refractivity contribution in [2.75, 3.05) is 0 Å². The maximum Gasteiger partial charge on any atom is 0.261 e. The van der Waals surface area contributed by atoms with Crippen molar-refractivity contribution in [3.63, 3.8) is 0 Å². The number of benzene rings is 3. The molecule has 4 rings (SSSR count). The predicted molar refractivity (Wildman–Crippen MR) is 123 cm³/mol. The molecule has 0 saturated heterocycles. The van der Waals surface area contributed by atoms with Crippen molar-refractivity contribution in [1.29, 1.82) is 0 Å². The molecule has 2 atom stereocenters. The van der Waals surface area contributed by atoms with E-state index in [0.717, 1.165) is 24.0 Å². The van der Waals surface area contributed by atoms with Crippen LogP contribution in [-0.4, -0.2) is 12.0 Å². The second-order valence-corrected chi connectivity index (χ2v) is 8.23. The van der Waals surface area contributed by atoms with E-state index in [4.69, 9.17) is 4.74 Å². The standard InChI is InChI=1S/C27H31NO2/c1-3-25(23-14-13-19-9-5-7-11-21(19)17-23)28-27(29)26(4-2)30-24-16-15-20-10-6-8-12-22(20)18-24/h6,8,10,12-18,25-26H,3-5,7,9,11H2,1-2H3,(H,28,29)/t25-,26+/m0/s1. The van der Waals surface area contributed by atoms with E-state index in [1.165, 1.54) is 41.3 Å². The van der Waals surface area contributed by atoms with Crippen LogP contribution in [0.3, 0.4) is 0 Å². The van der Waals surface area contributed by atoms with Crippen LogP contribution in [0.5, 0.6) is 5.75 Å². The van der Waals surface area contributed by atoms with E-state index in [-0.39, 0.29) is 11.9 Å². The third-order valence-corrected chi connectivity index (χ3v) is 6.16. The Bertz CT molecular complexity index is 1030. The number of hydrogen-bond acceptors (Lipinski definition) is 2. The van der Waals surface area contributed by atoms with Crippen LogP contribution in [0.15, 0.2) is 60.7 Å². The van der Waals surface area contributed by atoms with Gasteiger partial charge in [0.25, 0.3) is 5.91 Å². The smallest absolute Gasteiger partial charge is 0.261 e. The Labute approximate surface area is 179 Å². The zero-order chi connectivity index (χ0) is 20.9. The van der Waals surface area contributed by atoms with E-state index < -0.39 is 6.10 Å². The molecule has 3 aromatic carbocycles. The Morgan fingerprint density at radius 3 is 2.43 bits per heavy atom. The fraction of sp³-hybridized carbons (Fsp3) is 0.370. The van der Waals surface area contributed by atoms with Crippen LogP contribution in [0.4, 0.5) is 0 Å². The second-order valence-electron chi connectivity index (χ2n) is 8.23. The number of carbonyl (C=O) groups is 1. The van der Waals surface area contributed by atoms with E-state index in [1.807, 2.05) is 37.3 Å². The third-order valence-electron chi connectivity index (χ3n) is 6.16. The molecule has 0 unspecified atom stereocenters. The van der Waals surface area contributed by atoms with Gasteiger partial charge in [0.2, 0.25) is 0 Å². The fourth-order valence-electron chi connectivity index (χ4n) is 4.38. The first-order valence-corrected chi connectivity index (χ1v) is 11.3. The van der Waals surface area contributed by atoms with Crippen LogP contribution in [0.1, 0.15) is 62.3 Å². The molecule has 156 valence electrons. The van der Waals surface area contributed by atoms with E-state index in [0.29, 0.717) is 6.42 Å². The zero-order valence-corrected chi connectivity index (χ0v) is 18.0. The summed E-state index contributed by atoms with van der Waals surface area (Å²) in [6.45, 7) is 4.11. The monoisotopic (exact) mass is 401 g/mol. The lowest BCUT2D eigenvalue weighted by Crippen LogP contribution is -2.40. The van der Waals surface area contributed by atoms with Crippen molar-refractivity contribution in [1.82, 2.24) is 5.32 Å². The van der Waals surface area contributed by atoms with Crippen molar-refractivity contribution < 1.29 is 9.53 Å². The number of aryl methyl sites for hydroxylation is 2. The average molecular weight is 402 g/mol. The van der Waals surface area contributed by atoms with Gasteiger partial charge < -0.3 is 10.1 Å². The Morgan fingerprint density at radius 2 is 1.67 bits per heavy atom. The van der Waals surface area contributed by atoms with Gasteiger partial charge >= 0.3 is 0 Å². The molecule has 0 heterocycles. The molecule has 1 amide bonds. The molecule has 1 N–H and O–H groups in total.